The highest BCUT2D eigenvalue weighted by Gasteiger charge is 2.30. The summed E-state index contributed by atoms with van der Waals surface area (Å²) >= 11 is 1.29. The van der Waals surface area contributed by atoms with E-state index < -0.39 is 32.7 Å². The lowest BCUT2D eigenvalue weighted by Crippen LogP contribution is -2.24. The fourth-order valence-electron chi connectivity index (χ4n) is 4.28. The maximum Gasteiger partial charge on any atom is 0.341 e. The smallest absolute Gasteiger partial charge is 0.341 e. The number of amides is 1. The van der Waals surface area contributed by atoms with Gasteiger partial charge >= 0.3 is 11.2 Å². The van der Waals surface area contributed by atoms with Crippen molar-refractivity contribution in [2.75, 3.05) is 30.9 Å². The molecule has 3 heterocycles. The molecular formula is C24H25N3O8S2. The summed E-state index contributed by atoms with van der Waals surface area (Å²) in [6.45, 7) is 2.72. The van der Waals surface area contributed by atoms with Crippen molar-refractivity contribution >= 4 is 38.1 Å². The summed E-state index contributed by atoms with van der Waals surface area (Å²) in [6, 6.07) is 4.92. The molecule has 0 radical (unpaired) electrons. The number of carbonyl (C=O) groups is 2. The van der Waals surface area contributed by atoms with Gasteiger partial charge in [0.15, 0.2) is 11.5 Å². The van der Waals surface area contributed by atoms with Gasteiger partial charge in [-0.2, -0.15) is 0 Å². The number of sulfone groups is 1. The maximum atomic E-state index is 12.9. The third kappa shape index (κ3) is 5.32. The molecule has 1 N–H and O–H groups in total. The molecule has 0 saturated heterocycles. The van der Waals surface area contributed by atoms with Gasteiger partial charge in [0.05, 0.1) is 12.2 Å². The van der Waals surface area contributed by atoms with Crippen LogP contribution in [0.3, 0.4) is 0 Å². The molecular weight excluding hydrogens is 522 g/mol. The molecule has 11 nitrogen and oxygen atoms in total. The standard InChI is InChI=1S/C24H25N3O8S2/c1-2-32-23(29)20-15-6-4-3-5-7-18(15)36-22(20)25-19(28)13-37(30,31)24-27-26-21(35-24)14-8-9-16-17(12-14)34-11-10-33-16/h8-9,12H,2-7,10-11,13H2,1H3,(H,25,28). The number of ether oxygens (including phenoxy) is 3. The summed E-state index contributed by atoms with van der Waals surface area (Å²) in [5.74, 6) is -1.27. The molecule has 1 aromatic carbocycles. The molecule has 0 atom stereocenters. The number of hydrogen-bond donors (Lipinski definition) is 1. The van der Waals surface area contributed by atoms with Crippen molar-refractivity contribution in [2.24, 2.45) is 0 Å². The summed E-state index contributed by atoms with van der Waals surface area (Å²) in [4.78, 5) is 26.5. The number of rotatable bonds is 7. The van der Waals surface area contributed by atoms with Crippen LogP contribution < -0.4 is 14.8 Å². The van der Waals surface area contributed by atoms with Crippen LogP contribution in [0.15, 0.2) is 27.8 Å². The largest absolute Gasteiger partial charge is 0.486 e. The van der Waals surface area contributed by atoms with E-state index in [0.29, 0.717) is 47.3 Å². The number of aryl methyl sites for hydroxylation is 1. The predicted molar refractivity (Wildman–Crippen MR) is 133 cm³/mol. The molecule has 2 aliphatic rings. The van der Waals surface area contributed by atoms with Crippen LogP contribution >= 0.6 is 11.3 Å². The molecule has 1 aliphatic heterocycles. The molecule has 196 valence electrons. The van der Waals surface area contributed by atoms with Crippen LogP contribution in [0.1, 0.15) is 47.0 Å². The lowest BCUT2D eigenvalue weighted by molar-refractivity contribution is -0.113. The number of fused-ring (bicyclic) bond motifs is 2. The highest BCUT2D eigenvalue weighted by Crippen LogP contribution is 2.38. The summed E-state index contributed by atoms with van der Waals surface area (Å²) in [6.07, 6.45) is 4.48. The number of nitrogens with zero attached hydrogens (tertiary/aromatic N) is 2. The first-order valence-electron chi connectivity index (χ1n) is 11.9. The lowest BCUT2D eigenvalue weighted by atomic mass is 10.1. The quantitative estimate of drug-likeness (QED) is 0.345. The van der Waals surface area contributed by atoms with Gasteiger partial charge in [-0.05, 0) is 56.4 Å². The molecule has 0 saturated carbocycles. The molecule has 1 amide bonds. The minimum atomic E-state index is -4.26. The van der Waals surface area contributed by atoms with E-state index in [1.807, 2.05) is 0 Å². The highest BCUT2D eigenvalue weighted by atomic mass is 32.2. The zero-order valence-corrected chi connectivity index (χ0v) is 21.7. The van der Waals surface area contributed by atoms with Crippen molar-refractivity contribution in [1.82, 2.24) is 10.2 Å². The molecule has 0 fully saturated rings. The molecule has 2 aromatic heterocycles. The Balaban J connectivity index is 1.33. The van der Waals surface area contributed by atoms with Crippen molar-refractivity contribution in [2.45, 2.75) is 44.3 Å². The topological polar surface area (TPSA) is 147 Å². The fourth-order valence-corrected chi connectivity index (χ4v) is 6.48. The minimum Gasteiger partial charge on any atom is -0.486 e. The Kier molecular flexibility index (Phi) is 7.15. The molecule has 13 heteroatoms. The van der Waals surface area contributed by atoms with Gasteiger partial charge < -0.3 is 23.9 Å². The van der Waals surface area contributed by atoms with Gasteiger partial charge in [-0.15, -0.1) is 16.4 Å². The zero-order valence-electron chi connectivity index (χ0n) is 20.1. The van der Waals surface area contributed by atoms with Crippen molar-refractivity contribution in [3.05, 3.63) is 34.2 Å². The van der Waals surface area contributed by atoms with E-state index in [1.54, 1.807) is 25.1 Å². The van der Waals surface area contributed by atoms with E-state index in [-0.39, 0.29) is 12.5 Å². The number of thiophene rings is 1. The molecule has 5 rings (SSSR count). The van der Waals surface area contributed by atoms with Crippen LogP contribution in [0, 0.1) is 0 Å². The van der Waals surface area contributed by atoms with Gasteiger partial charge in [0, 0.05) is 10.4 Å². The first kappa shape index (κ1) is 25.2. The number of benzene rings is 1. The third-order valence-corrected chi connectivity index (χ3v) is 8.48. The third-order valence-electron chi connectivity index (χ3n) is 5.94. The second-order valence-electron chi connectivity index (χ2n) is 8.53. The Morgan fingerprint density at radius 3 is 2.68 bits per heavy atom. The van der Waals surface area contributed by atoms with E-state index in [2.05, 4.69) is 15.5 Å². The van der Waals surface area contributed by atoms with Crippen LogP contribution in [0.25, 0.3) is 11.5 Å². The molecule has 0 spiro atoms. The summed E-state index contributed by atoms with van der Waals surface area (Å²) in [5, 5.41) is 9.69. The summed E-state index contributed by atoms with van der Waals surface area (Å²) in [7, 11) is -4.26. The number of nitrogens with one attached hydrogen (secondary N) is 1. The molecule has 0 bridgehead atoms. The molecule has 3 aromatic rings. The zero-order chi connectivity index (χ0) is 26.0. The Morgan fingerprint density at radius 1 is 1.08 bits per heavy atom. The monoisotopic (exact) mass is 547 g/mol. The van der Waals surface area contributed by atoms with Gasteiger partial charge in [0.25, 0.3) is 0 Å². The van der Waals surface area contributed by atoms with E-state index >= 15 is 0 Å². The van der Waals surface area contributed by atoms with Crippen LogP contribution in [0.4, 0.5) is 5.00 Å². The minimum absolute atomic E-state index is 0.0393. The van der Waals surface area contributed by atoms with Gasteiger partial charge in [-0.1, -0.05) is 11.5 Å². The number of anilines is 1. The highest BCUT2D eigenvalue weighted by molar-refractivity contribution is 7.91. The molecule has 37 heavy (non-hydrogen) atoms. The van der Waals surface area contributed by atoms with Gasteiger partial charge in [0.2, 0.25) is 21.6 Å². The van der Waals surface area contributed by atoms with E-state index in [1.165, 1.54) is 11.3 Å². The number of aromatic nitrogens is 2. The van der Waals surface area contributed by atoms with Crippen molar-refractivity contribution in [3.63, 3.8) is 0 Å². The van der Waals surface area contributed by atoms with E-state index in [0.717, 1.165) is 36.1 Å². The Bertz CT molecular complexity index is 1440. The van der Waals surface area contributed by atoms with E-state index in [4.69, 9.17) is 18.6 Å². The SMILES string of the molecule is CCOC(=O)c1c(NC(=O)CS(=O)(=O)c2nnc(-c3ccc4c(c3)OCCO4)o2)sc2c1CCCCC2. The Hall–Kier alpha value is -3.45. The summed E-state index contributed by atoms with van der Waals surface area (Å²) in [5.41, 5.74) is 1.63. The lowest BCUT2D eigenvalue weighted by Gasteiger charge is -2.18. The number of hydrogen-bond acceptors (Lipinski definition) is 11. The van der Waals surface area contributed by atoms with Gasteiger partial charge in [-0.3, -0.25) is 4.79 Å². The second-order valence-corrected chi connectivity index (χ2v) is 11.5. The predicted octanol–water partition coefficient (Wildman–Crippen LogP) is 3.43. The Labute approximate surface area is 217 Å². The maximum absolute atomic E-state index is 12.9. The summed E-state index contributed by atoms with van der Waals surface area (Å²) < 4.78 is 47.4. The second kappa shape index (κ2) is 10.5. The average Bonchev–Trinajstić information content (AvgIpc) is 3.43. The first-order chi connectivity index (χ1) is 17.9. The van der Waals surface area contributed by atoms with Gasteiger partial charge in [-0.25, -0.2) is 13.2 Å². The van der Waals surface area contributed by atoms with Gasteiger partial charge in [0.1, 0.15) is 24.0 Å². The van der Waals surface area contributed by atoms with Crippen molar-refractivity contribution in [1.29, 1.82) is 0 Å². The van der Waals surface area contributed by atoms with Crippen LogP contribution in [0.5, 0.6) is 11.5 Å². The van der Waals surface area contributed by atoms with Crippen LogP contribution in [0.2, 0.25) is 0 Å². The average molecular weight is 548 g/mol. The number of esters is 1. The first-order valence-corrected chi connectivity index (χ1v) is 14.4. The molecule has 0 unspecified atom stereocenters. The van der Waals surface area contributed by atoms with Crippen molar-refractivity contribution < 1.29 is 36.6 Å². The molecule has 1 aliphatic carbocycles. The van der Waals surface area contributed by atoms with Crippen LogP contribution in [-0.2, 0) is 32.2 Å². The van der Waals surface area contributed by atoms with E-state index in [9.17, 15) is 18.0 Å². The number of carbonyl (C=O) groups excluding carboxylic acids is 2. The normalized spacial score (nSPS) is 14.9. The Morgan fingerprint density at radius 2 is 1.86 bits per heavy atom. The fraction of sp³-hybridized carbons (Fsp3) is 0.417. The van der Waals surface area contributed by atoms with Crippen molar-refractivity contribution in [3.8, 4) is 23.0 Å². The van der Waals surface area contributed by atoms with Crippen LogP contribution in [-0.4, -0.2) is 56.1 Å².